The van der Waals surface area contributed by atoms with Gasteiger partial charge >= 0.3 is 0 Å². The van der Waals surface area contributed by atoms with E-state index < -0.39 is 10.0 Å². The van der Waals surface area contributed by atoms with Gasteiger partial charge in [-0.1, -0.05) is 51.4 Å². The summed E-state index contributed by atoms with van der Waals surface area (Å²) in [6, 6.07) is 12.2. The smallest absolute Gasteiger partial charge is 0.261 e. The number of anilines is 1. The summed E-state index contributed by atoms with van der Waals surface area (Å²) in [7, 11) is -3.86. The van der Waals surface area contributed by atoms with Crippen molar-refractivity contribution in [2.45, 2.75) is 76.2 Å². The molecular formula is C27H35ClN4O3S. The number of nitrogens with one attached hydrogen (secondary N) is 1. The van der Waals surface area contributed by atoms with Gasteiger partial charge in [-0.2, -0.15) is 0 Å². The Labute approximate surface area is 219 Å². The van der Waals surface area contributed by atoms with Crippen LogP contribution in [0.2, 0.25) is 5.02 Å². The number of rotatable bonds is 6. The van der Waals surface area contributed by atoms with Crippen molar-refractivity contribution in [3.8, 4) is 11.4 Å². The highest BCUT2D eigenvalue weighted by Crippen LogP contribution is 2.39. The van der Waals surface area contributed by atoms with Gasteiger partial charge in [-0.3, -0.25) is 4.72 Å². The molecule has 3 aromatic rings. The monoisotopic (exact) mass is 530 g/mol. The number of hydrogen-bond donors (Lipinski definition) is 1. The van der Waals surface area contributed by atoms with E-state index in [4.69, 9.17) is 16.3 Å². The summed E-state index contributed by atoms with van der Waals surface area (Å²) in [6.07, 6.45) is 1.70. The molecule has 0 aliphatic carbocycles. The third kappa shape index (κ3) is 5.31. The topological polar surface area (TPSA) is 86.1 Å². The quantitative estimate of drug-likeness (QED) is 0.401. The summed E-state index contributed by atoms with van der Waals surface area (Å²) in [5.41, 5.74) is 1.80. The van der Waals surface area contributed by atoms with E-state index in [9.17, 15) is 8.42 Å². The van der Waals surface area contributed by atoms with E-state index in [1.807, 2.05) is 12.1 Å². The number of sulfonamides is 1. The van der Waals surface area contributed by atoms with Crippen LogP contribution < -0.4 is 4.72 Å². The van der Waals surface area contributed by atoms with Crippen LogP contribution in [0.25, 0.3) is 11.4 Å². The second-order valence-electron chi connectivity index (χ2n) is 11.1. The Morgan fingerprint density at radius 3 is 2.28 bits per heavy atom. The van der Waals surface area contributed by atoms with Gasteiger partial charge in [-0.05, 0) is 68.0 Å². The van der Waals surface area contributed by atoms with Crippen molar-refractivity contribution in [2.75, 3.05) is 17.9 Å². The lowest BCUT2D eigenvalue weighted by atomic mass is 9.81. The molecular weight excluding hydrogens is 496 g/mol. The van der Waals surface area contributed by atoms with Crippen LogP contribution in [0.4, 0.5) is 5.69 Å². The molecule has 2 aromatic carbocycles. The molecule has 1 N–H and O–H groups in total. The molecule has 36 heavy (non-hydrogen) atoms. The van der Waals surface area contributed by atoms with Crippen LogP contribution in [0.15, 0.2) is 47.4 Å². The molecule has 0 bridgehead atoms. The summed E-state index contributed by atoms with van der Waals surface area (Å²) >= 11 is 6.31. The molecule has 0 atom stereocenters. The molecule has 1 aromatic heterocycles. The van der Waals surface area contributed by atoms with Gasteiger partial charge in [0, 0.05) is 35.3 Å². The summed E-state index contributed by atoms with van der Waals surface area (Å²) in [5, 5.41) is 9.58. The first kappa shape index (κ1) is 26.6. The van der Waals surface area contributed by atoms with Crippen LogP contribution in [0.3, 0.4) is 0 Å². The van der Waals surface area contributed by atoms with Crippen molar-refractivity contribution in [2.24, 2.45) is 0 Å². The van der Waals surface area contributed by atoms with Crippen molar-refractivity contribution < 1.29 is 13.2 Å². The Morgan fingerprint density at radius 1 is 1.06 bits per heavy atom. The standard InChI is InChI=1S/C27H35ClN4O3S/c1-18(2)32-24(29-30-25(32)27(6)13-15-35-16-14-27)22-12-9-20(28)17-23(22)31-36(33,34)21-10-7-19(8-11-21)26(3,4)5/h7-12,17-18,31H,13-16H2,1-6H3. The Morgan fingerprint density at radius 2 is 1.69 bits per heavy atom. The summed E-state index contributed by atoms with van der Waals surface area (Å²) in [4.78, 5) is 0.183. The minimum absolute atomic E-state index is 0.0646. The molecule has 1 aliphatic heterocycles. The van der Waals surface area contributed by atoms with Crippen LogP contribution >= 0.6 is 11.6 Å². The van der Waals surface area contributed by atoms with Crippen LogP contribution in [-0.4, -0.2) is 36.4 Å². The molecule has 0 amide bonds. The first-order valence-corrected chi connectivity index (χ1v) is 14.1. The van der Waals surface area contributed by atoms with Gasteiger partial charge in [0.15, 0.2) is 5.82 Å². The normalized spacial score (nSPS) is 16.3. The van der Waals surface area contributed by atoms with Crippen LogP contribution in [0.5, 0.6) is 0 Å². The van der Waals surface area contributed by atoms with E-state index in [0.717, 1.165) is 24.2 Å². The third-order valence-corrected chi connectivity index (χ3v) is 8.46. The van der Waals surface area contributed by atoms with Gasteiger partial charge in [0.25, 0.3) is 10.0 Å². The van der Waals surface area contributed by atoms with Gasteiger partial charge in [0.2, 0.25) is 0 Å². The van der Waals surface area contributed by atoms with Gasteiger partial charge < -0.3 is 9.30 Å². The zero-order valence-corrected chi connectivity index (χ0v) is 23.4. The molecule has 0 saturated carbocycles. The zero-order valence-electron chi connectivity index (χ0n) is 21.8. The summed E-state index contributed by atoms with van der Waals surface area (Å²) < 4.78 is 37.2. The number of benzene rings is 2. The molecule has 0 spiro atoms. The summed E-state index contributed by atoms with van der Waals surface area (Å²) in [5.74, 6) is 1.49. The maximum absolute atomic E-state index is 13.4. The minimum Gasteiger partial charge on any atom is -0.381 e. The van der Waals surface area contributed by atoms with Gasteiger partial charge in [-0.25, -0.2) is 8.42 Å². The fourth-order valence-corrected chi connectivity index (χ4v) is 5.80. The van der Waals surface area contributed by atoms with Crippen molar-refractivity contribution in [1.29, 1.82) is 0 Å². The highest BCUT2D eigenvalue weighted by molar-refractivity contribution is 7.92. The van der Waals surface area contributed by atoms with Crippen LogP contribution in [-0.2, 0) is 25.6 Å². The largest absolute Gasteiger partial charge is 0.381 e. The van der Waals surface area contributed by atoms with E-state index in [1.54, 1.807) is 30.3 Å². The van der Waals surface area contributed by atoms with Crippen LogP contribution in [0.1, 0.15) is 71.8 Å². The summed E-state index contributed by atoms with van der Waals surface area (Å²) in [6.45, 7) is 14.0. The molecule has 0 unspecified atom stereocenters. The Balaban J connectivity index is 1.76. The molecule has 194 valence electrons. The van der Waals surface area contributed by atoms with E-state index >= 15 is 0 Å². The maximum Gasteiger partial charge on any atom is 0.261 e. The lowest BCUT2D eigenvalue weighted by molar-refractivity contribution is 0.0519. The molecule has 1 saturated heterocycles. The number of aromatic nitrogens is 3. The van der Waals surface area contributed by atoms with E-state index in [1.165, 1.54) is 0 Å². The Hall–Kier alpha value is -2.42. The van der Waals surface area contributed by atoms with Gasteiger partial charge in [0.1, 0.15) is 5.82 Å². The van der Waals surface area contributed by atoms with Crippen LogP contribution in [0, 0.1) is 0 Å². The molecule has 1 fully saturated rings. The molecule has 0 radical (unpaired) electrons. The number of nitrogens with zero attached hydrogens (tertiary/aromatic N) is 3. The second kappa shape index (κ2) is 9.80. The SMILES string of the molecule is CC(C)n1c(-c2ccc(Cl)cc2NS(=O)(=O)c2ccc(C(C)(C)C)cc2)nnc1C1(C)CCOCC1. The van der Waals surface area contributed by atoms with Crippen molar-refractivity contribution in [1.82, 2.24) is 14.8 Å². The van der Waals surface area contributed by atoms with E-state index in [0.29, 0.717) is 35.3 Å². The third-order valence-electron chi connectivity index (χ3n) is 6.85. The number of ether oxygens (including phenoxy) is 1. The van der Waals surface area contributed by atoms with Crippen molar-refractivity contribution >= 4 is 27.3 Å². The predicted molar refractivity (Wildman–Crippen MR) is 144 cm³/mol. The lowest BCUT2D eigenvalue weighted by Crippen LogP contribution is -2.34. The lowest BCUT2D eigenvalue weighted by Gasteiger charge is -2.33. The van der Waals surface area contributed by atoms with Gasteiger partial charge in [-0.15, -0.1) is 10.2 Å². The average Bonchev–Trinajstić information content (AvgIpc) is 3.25. The average molecular weight is 531 g/mol. The van der Waals surface area contributed by atoms with Gasteiger partial charge in [0.05, 0.1) is 10.6 Å². The number of halogens is 1. The molecule has 9 heteroatoms. The number of hydrogen-bond acceptors (Lipinski definition) is 5. The first-order valence-electron chi connectivity index (χ1n) is 12.3. The van der Waals surface area contributed by atoms with Crippen molar-refractivity contribution in [3.05, 3.63) is 58.9 Å². The fourth-order valence-electron chi connectivity index (χ4n) is 4.55. The zero-order chi connectivity index (χ0) is 26.3. The first-order chi connectivity index (χ1) is 16.8. The molecule has 4 rings (SSSR count). The highest BCUT2D eigenvalue weighted by Gasteiger charge is 2.36. The van der Waals surface area contributed by atoms with E-state index in [-0.39, 0.29) is 21.8 Å². The highest BCUT2D eigenvalue weighted by atomic mass is 35.5. The Bertz CT molecular complexity index is 1340. The predicted octanol–water partition coefficient (Wildman–Crippen LogP) is 6.35. The minimum atomic E-state index is -3.86. The second-order valence-corrected chi connectivity index (χ2v) is 13.2. The Kier molecular flexibility index (Phi) is 7.25. The molecule has 2 heterocycles. The fraction of sp³-hybridized carbons (Fsp3) is 0.481. The maximum atomic E-state index is 13.4. The molecule has 7 nitrogen and oxygen atoms in total. The molecule has 1 aliphatic rings. The van der Waals surface area contributed by atoms with E-state index in [2.05, 4.69) is 61.0 Å². The van der Waals surface area contributed by atoms with Crippen molar-refractivity contribution in [3.63, 3.8) is 0 Å².